The molecule has 2 aliphatic heterocycles. The molecule has 3 aromatic rings. The lowest BCUT2D eigenvalue weighted by atomic mass is 9.56. The van der Waals surface area contributed by atoms with Gasteiger partial charge in [-0.1, -0.05) is 27.6 Å². The Hall–Kier alpha value is -3.53. The predicted molar refractivity (Wildman–Crippen MR) is 175 cm³/mol. The fraction of sp³-hybridized carbons (Fsp3) is 0.273. The molecule has 1 saturated carbocycles. The molecule has 17 heteroatoms. The molecule has 260 valence electrons. The molecule has 7 rings (SSSR count). The minimum Gasteiger partial charge on any atom is -0.503 e. The molecule has 3 fully saturated rings. The molecule has 0 unspecified atom stereocenters. The van der Waals surface area contributed by atoms with Gasteiger partial charge in [-0.15, -0.1) is 23.2 Å². The maximum Gasteiger partial charge on any atom is 0.258 e. The van der Waals surface area contributed by atoms with Crippen LogP contribution < -0.4 is 14.5 Å². The van der Waals surface area contributed by atoms with Crippen molar-refractivity contribution in [3.8, 4) is 11.5 Å². The van der Waals surface area contributed by atoms with Crippen LogP contribution in [-0.4, -0.2) is 45.6 Å². The molecule has 0 radical (unpaired) electrons. The van der Waals surface area contributed by atoms with E-state index in [0.29, 0.717) is 4.47 Å². The van der Waals surface area contributed by atoms with Crippen LogP contribution in [0.5, 0.6) is 11.5 Å². The van der Waals surface area contributed by atoms with Crippen LogP contribution in [0, 0.1) is 46.8 Å². The lowest BCUT2D eigenvalue weighted by Crippen LogP contribution is -2.60. The summed E-state index contributed by atoms with van der Waals surface area (Å²) in [4.78, 5) is 52.0. The van der Waals surface area contributed by atoms with E-state index >= 15 is 8.78 Å². The van der Waals surface area contributed by atoms with Gasteiger partial charge in [0.15, 0.2) is 44.5 Å². The number of hydrogen-bond acceptors (Lipinski definition) is 6. The van der Waals surface area contributed by atoms with E-state index in [4.69, 9.17) is 27.9 Å². The lowest BCUT2D eigenvalue weighted by molar-refractivity contribution is -0.125. The minimum atomic E-state index is -2.72. The summed E-state index contributed by atoms with van der Waals surface area (Å²) >= 11 is 20.8. The average molecular weight is 865 g/mol. The zero-order chi connectivity index (χ0) is 36.4. The van der Waals surface area contributed by atoms with E-state index in [0.717, 1.165) is 4.90 Å². The van der Waals surface area contributed by atoms with Crippen molar-refractivity contribution in [3.05, 3.63) is 91.6 Å². The van der Waals surface area contributed by atoms with E-state index in [2.05, 4.69) is 31.9 Å². The van der Waals surface area contributed by atoms with Gasteiger partial charge in [-0.3, -0.25) is 24.1 Å². The van der Waals surface area contributed by atoms with E-state index < -0.39 is 98.2 Å². The summed E-state index contributed by atoms with van der Waals surface area (Å²) in [5.41, 5.74) is -1.31. The normalized spacial score (nSPS) is 28.9. The van der Waals surface area contributed by atoms with Gasteiger partial charge in [-0.05, 0) is 76.7 Å². The first-order chi connectivity index (χ1) is 23.5. The van der Waals surface area contributed by atoms with Gasteiger partial charge in [0, 0.05) is 10.4 Å². The summed E-state index contributed by atoms with van der Waals surface area (Å²) in [5, 5.41) is 10.6. The largest absolute Gasteiger partial charge is 0.503 e. The van der Waals surface area contributed by atoms with E-state index in [1.54, 1.807) is 30.3 Å². The van der Waals surface area contributed by atoms with Crippen LogP contribution in [0.4, 0.5) is 33.3 Å². The number of amides is 4. The van der Waals surface area contributed by atoms with Gasteiger partial charge >= 0.3 is 0 Å². The minimum absolute atomic E-state index is 0.0191. The number of halogens is 9. The molecule has 0 spiro atoms. The molecular weight excluding hydrogens is 846 g/mol. The third kappa shape index (κ3) is 4.45. The van der Waals surface area contributed by atoms with Crippen LogP contribution in [0.15, 0.2) is 57.0 Å². The van der Waals surface area contributed by atoms with Gasteiger partial charge in [0.2, 0.25) is 17.6 Å². The molecule has 6 atom stereocenters. The summed E-state index contributed by atoms with van der Waals surface area (Å²) in [6.07, 6.45) is 0.883. The molecule has 0 bridgehead atoms. The molecule has 0 aromatic heterocycles. The van der Waals surface area contributed by atoms with E-state index in [9.17, 15) is 37.5 Å². The molecule has 1 N–H and O–H groups in total. The number of carbonyl (C=O) groups is 4. The monoisotopic (exact) mass is 862 g/mol. The van der Waals surface area contributed by atoms with Gasteiger partial charge < -0.3 is 9.84 Å². The number of ether oxygens (including phenoxy) is 1. The Labute approximate surface area is 306 Å². The Bertz CT molecular complexity index is 2090. The number of benzene rings is 3. The van der Waals surface area contributed by atoms with Crippen LogP contribution in [0.1, 0.15) is 24.3 Å². The van der Waals surface area contributed by atoms with Crippen LogP contribution in [0.2, 0.25) is 0 Å². The highest BCUT2D eigenvalue weighted by atomic mass is 79.9. The first-order valence-electron chi connectivity index (χ1n) is 14.7. The van der Waals surface area contributed by atoms with E-state index in [1.165, 1.54) is 19.2 Å². The van der Waals surface area contributed by atoms with Crippen molar-refractivity contribution < 1.29 is 51.0 Å². The first kappa shape index (κ1) is 34.9. The summed E-state index contributed by atoms with van der Waals surface area (Å²) in [6.45, 7) is 0. The number of fused-ring (bicyclic) bond motifs is 4. The second-order valence-corrected chi connectivity index (χ2v) is 15.2. The second-order valence-electron chi connectivity index (χ2n) is 12.2. The first-order valence-corrected chi connectivity index (χ1v) is 17.0. The van der Waals surface area contributed by atoms with Crippen molar-refractivity contribution >= 4 is 90.1 Å². The number of methoxy groups -OCH3 is 1. The molecule has 4 amide bonds. The fourth-order valence-corrected chi connectivity index (χ4v) is 9.36. The number of aromatic hydroxyl groups is 1. The lowest BCUT2D eigenvalue weighted by Gasteiger charge is -2.50. The summed E-state index contributed by atoms with van der Waals surface area (Å²) in [7, 11) is 1.22. The van der Waals surface area contributed by atoms with Crippen molar-refractivity contribution in [1.82, 2.24) is 0 Å². The number of nitrogens with zero attached hydrogens (tertiary/aromatic N) is 2. The van der Waals surface area contributed by atoms with Gasteiger partial charge in [-0.2, -0.15) is 0 Å². The van der Waals surface area contributed by atoms with Crippen molar-refractivity contribution in [2.75, 3.05) is 16.9 Å². The number of rotatable bonds is 4. The number of imide groups is 2. The van der Waals surface area contributed by atoms with Crippen molar-refractivity contribution in [2.45, 2.75) is 28.5 Å². The Kier molecular flexibility index (Phi) is 8.20. The number of anilines is 2. The quantitative estimate of drug-likeness (QED) is 0.0734. The highest BCUT2D eigenvalue weighted by Gasteiger charge is 2.77. The number of alkyl halides is 2. The third-order valence-corrected chi connectivity index (χ3v) is 12.5. The van der Waals surface area contributed by atoms with Crippen molar-refractivity contribution in [1.29, 1.82) is 0 Å². The Morgan fingerprint density at radius 3 is 2.04 bits per heavy atom. The van der Waals surface area contributed by atoms with E-state index in [1.807, 2.05) is 0 Å². The number of phenolic OH excluding ortho intramolecular Hbond substituents is 1. The SMILES string of the molecule is COc1cc([C@H]2C3=CC[C@@H]4C(=O)N(c5ccc(Br)cc5)C(=O)[C@@H]4[C@@H]3C[C@@]3(Cl)C(=O)N(c4c(F)c(F)c(F)c(F)c4F)C(=O)[C@@]23Cl)cc(Br)c1O. The highest BCUT2D eigenvalue weighted by Crippen LogP contribution is 2.66. The Balaban J connectivity index is 1.45. The van der Waals surface area contributed by atoms with Gasteiger partial charge in [0.05, 0.1) is 29.1 Å². The smallest absolute Gasteiger partial charge is 0.258 e. The van der Waals surface area contributed by atoms with Crippen LogP contribution >= 0.6 is 55.1 Å². The maximum atomic E-state index is 15.2. The molecule has 3 aromatic carbocycles. The highest BCUT2D eigenvalue weighted by molar-refractivity contribution is 9.10. The summed E-state index contributed by atoms with van der Waals surface area (Å²) < 4.78 is 79.4. The molecule has 50 heavy (non-hydrogen) atoms. The predicted octanol–water partition coefficient (Wildman–Crippen LogP) is 7.39. The van der Waals surface area contributed by atoms with Crippen LogP contribution in [0.3, 0.4) is 0 Å². The number of hydrogen-bond donors (Lipinski definition) is 1. The Morgan fingerprint density at radius 1 is 0.840 bits per heavy atom. The van der Waals surface area contributed by atoms with E-state index in [-0.39, 0.29) is 44.1 Å². The molecule has 2 heterocycles. The Morgan fingerprint density at radius 2 is 1.44 bits per heavy atom. The molecule has 2 saturated heterocycles. The summed E-state index contributed by atoms with van der Waals surface area (Å²) in [5.74, 6) is -22.0. The van der Waals surface area contributed by atoms with Crippen molar-refractivity contribution in [3.63, 3.8) is 0 Å². The summed E-state index contributed by atoms with van der Waals surface area (Å²) in [6, 6.07) is 8.91. The average Bonchev–Trinajstić information content (AvgIpc) is 3.42. The van der Waals surface area contributed by atoms with Crippen molar-refractivity contribution in [2.24, 2.45) is 17.8 Å². The van der Waals surface area contributed by atoms with Gasteiger partial charge in [0.1, 0.15) is 5.69 Å². The zero-order valence-electron chi connectivity index (χ0n) is 25.0. The topological polar surface area (TPSA) is 104 Å². The standard InChI is InChI=1S/C33H19Br2Cl2F5N2O6/c1-50-18-9-11(8-17(35)27(18)45)20-14-6-7-15-19(29(47)43(28(15)46)13-4-2-12(34)3-5-13)16(14)10-32(36)30(48)44(31(49)33(20,32)37)26-24(41)22(39)21(38)23(40)25(26)42/h2-6,8-9,15-16,19-20,45H,7,10H2,1H3/t15-,16+,19-,20-,32+,33-/m0/s1. The molecule has 2 aliphatic carbocycles. The zero-order valence-corrected chi connectivity index (χ0v) is 29.7. The molecule has 8 nitrogen and oxygen atoms in total. The van der Waals surface area contributed by atoms with Gasteiger partial charge in [0.25, 0.3) is 11.8 Å². The van der Waals surface area contributed by atoms with Gasteiger partial charge in [-0.25, -0.2) is 26.9 Å². The number of allylic oxidation sites excluding steroid dienone is 2. The fourth-order valence-electron chi connectivity index (χ4n) is 7.70. The second kappa shape index (κ2) is 11.8. The molecular formula is C33H19Br2Cl2F5N2O6. The number of phenols is 1. The van der Waals surface area contributed by atoms with Crippen LogP contribution in [-0.2, 0) is 19.2 Å². The molecule has 4 aliphatic rings. The third-order valence-electron chi connectivity index (χ3n) is 9.91. The maximum absolute atomic E-state index is 15.2. The number of carbonyl (C=O) groups excluding carboxylic acids is 4. The van der Waals surface area contributed by atoms with Crippen LogP contribution in [0.25, 0.3) is 0 Å².